The molecule has 0 aliphatic carbocycles. The van der Waals surface area contributed by atoms with Gasteiger partial charge in [0.1, 0.15) is 11.5 Å². The second-order valence-corrected chi connectivity index (χ2v) is 8.04. The maximum atomic E-state index is 12.8. The van der Waals surface area contributed by atoms with Crippen molar-refractivity contribution in [3.63, 3.8) is 0 Å². The fourth-order valence-corrected chi connectivity index (χ4v) is 3.83. The number of hydrogen-bond donors (Lipinski definition) is 2. The Hall–Kier alpha value is -2.93. The molecule has 3 rings (SSSR count). The number of piperidine rings is 1. The SMILES string of the molecule is COc1ccc(NC(=O)[C@H](C)C2CCN(C(=O)Nc3ccc(Cl)cc3)CC2)c(OC)c1. The van der Waals surface area contributed by atoms with E-state index in [0.717, 1.165) is 12.8 Å². The van der Waals surface area contributed by atoms with E-state index in [2.05, 4.69) is 10.6 Å². The highest BCUT2D eigenvalue weighted by atomic mass is 35.5. The Morgan fingerprint density at radius 3 is 2.32 bits per heavy atom. The van der Waals surface area contributed by atoms with Crippen molar-refractivity contribution < 1.29 is 19.1 Å². The van der Waals surface area contributed by atoms with Gasteiger partial charge in [-0.05, 0) is 55.2 Å². The van der Waals surface area contributed by atoms with Crippen molar-refractivity contribution in [1.82, 2.24) is 4.90 Å². The number of carbonyl (C=O) groups excluding carboxylic acids is 2. The van der Waals surface area contributed by atoms with Gasteiger partial charge in [-0.2, -0.15) is 0 Å². The Kier molecular flexibility index (Phi) is 7.63. The Bertz CT molecular complexity index is 912. The number of rotatable bonds is 6. The lowest BCUT2D eigenvalue weighted by Gasteiger charge is -2.34. The summed E-state index contributed by atoms with van der Waals surface area (Å²) in [6.07, 6.45) is 1.53. The van der Waals surface area contributed by atoms with Crippen LogP contribution in [-0.2, 0) is 4.79 Å². The lowest BCUT2D eigenvalue weighted by atomic mass is 9.85. The number of carbonyl (C=O) groups is 2. The summed E-state index contributed by atoms with van der Waals surface area (Å²) in [6, 6.07) is 12.2. The largest absolute Gasteiger partial charge is 0.497 e. The molecule has 2 aromatic rings. The fourth-order valence-electron chi connectivity index (χ4n) is 3.70. The van der Waals surface area contributed by atoms with Crippen LogP contribution >= 0.6 is 11.6 Å². The molecule has 1 fully saturated rings. The second kappa shape index (κ2) is 10.4. The van der Waals surface area contributed by atoms with Gasteiger partial charge in [0.25, 0.3) is 0 Å². The third-order valence-electron chi connectivity index (χ3n) is 5.71. The molecule has 0 radical (unpaired) electrons. The number of urea groups is 1. The number of halogens is 1. The molecule has 7 nitrogen and oxygen atoms in total. The first-order chi connectivity index (χ1) is 14.9. The molecule has 1 aliphatic rings. The monoisotopic (exact) mass is 445 g/mol. The maximum Gasteiger partial charge on any atom is 0.321 e. The maximum absolute atomic E-state index is 12.8. The van der Waals surface area contributed by atoms with E-state index < -0.39 is 0 Å². The molecular weight excluding hydrogens is 418 g/mol. The Balaban J connectivity index is 1.52. The van der Waals surface area contributed by atoms with E-state index in [1.54, 1.807) is 61.6 Å². The van der Waals surface area contributed by atoms with Crippen LogP contribution in [0.4, 0.5) is 16.2 Å². The number of likely N-dealkylation sites (tertiary alicyclic amines) is 1. The van der Waals surface area contributed by atoms with Crippen LogP contribution in [0.15, 0.2) is 42.5 Å². The van der Waals surface area contributed by atoms with E-state index in [-0.39, 0.29) is 23.8 Å². The molecule has 2 N–H and O–H groups in total. The number of anilines is 2. The van der Waals surface area contributed by atoms with Gasteiger partial charge in [-0.1, -0.05) is 18.5 Å². The average molecular weight is 446 g/mol. The zero-order valence-corrected chi connectivity index (χ0v) is 18.7. The molecule has 1 atom stereocenters. The predicted octanol–water partition coefficient (Wildman–Crippen LogP) is 4.88. The third kappa shape index (κ3) is 5.82. The van der Waals surface area contributed by atoms with Crippen LogP contribution in [0.2, 0.25) is 5.02 Å². The topological polar surface area (TPSA) is 79.9 Å². The Morgan fingerprint density at radius 1 is 1.03 bits per heavy atom. The second-order valence-electron chi connectivity index (χ2n) is 7.61. The van der Waals surface area contributed by atoms with Gasteiger partial charge in [-0.25, -0.2) is 4.79 Å². The molecule has 1 saturated heterocycles. The number of amides is 3. The van der Waals surface area contributed by atoms with E-state index in [1.807, 2.05) is 6.92 Å². The summed E-state index contributed by atoms with van der Waals surface area (Å²) < 4.78 is 10.6. The standard InChI is InChI=1S/C23H28ClN3O4/c1-15(22(28)26-20-9-8-19(30-2)14-21(20)31-3)16-10-12-27(13-11-16)23(29)25-18-6-4-17(24)5-7-18/h4-9,14-16H,10-13H2,1-3H3,(H,25,29)(H,26,28)/t15-/m1/s1. The van der Waals surface area contributed by atoms with Crippen molar-refractivity contribution in [1.29, 1.82) is 0 Å². The Morgan fingerprint density at radius 2 is 1.71 bits per heavy atom. The minimum atomic E-state index is -0.187. The third-order valence-corrected chi connectivity index (χ3v) is 5.96. The molecule has 3 amide bonds. The van der Waals surface area contributed by atoms with Gasteiger partial charge in [0.05, 0.1) is 19.9 Å². The molecule has 166 valence electrons. The quantitative estimate of drug-likeness (QED) is 0.664. The van der Waals surface area contributed by atoms with Crippen molar-refractivity contribution in [2.45, 2.75) is 19.8 Å². The number of methoxy groups -OCH3 is 2. The molecule has 0 saturated carbocycles. The fraction of sp³-hybridized carbons (Fsp3) is 0.391. The molecule has 0 unspecified atom stereocenters. The van der Waals surface area contributed by atoms with Gasteiger partial charge in [0.15, 0.2) is 0 Å². The molecule has 0 aromatic heterocycles. The summed E-state index contributed by atoms with van der Waals surface area (Å²) in [5, 5.41) is 6.47. The molecular formula is C23H28ClN3O4. The van der Waals surface area contributed by atoms with Crippen molar-refractivity contribution in [3.05, 3.63) is 47.5 Å². The highest BCUT2D eigenvalue weighted by molar-refractivity contribution is 6.30. The van der Waals surface area contributed by atoms with Gasteiger partial charge in [0, 0.05) is 35.8 Å². The normalized spacial score (nSPS) is 15.2. The summed E-state index contributed by atoms with van der Waals surface area (Å²) in [6.45, 7) is 3.14. The zero-order valence-electron chi connectivity index (χ0n) is 18.0. The highest BCUT2D eigenvalue weighted by Gasteiger charge is 2.30. The van der Waals surface area contributed by atoms with Crippen LogP contribution < -0.4 is 20.1 Å². The first-order valence-corrected chi connectivity index (χ1v) is 10.6. The van der Waals surface area contributed by atoms with Crippen molar-refractivity contribution >= 4 is 34.9 Å². The van der Waals surface area contributed by atoms with Crippen LogP contribution in [0.3, 0.4) is 0 Å². The number of nitrogens with one attached hydrogen (secondary N) is 2. The number of ether oxygens (including phenoxy) is 2. The summed E-state index contributed by atoms with van der Waals surface area (Å²) >= 11 is 5.88. The first-order valence-electron chi connectivity index (χ1n) is 10.3. The number of hydrogen-bond acceptors (Lipinski definition) is 4. The van der Waals surface area contributed by atoms with Crippen LogP contribution in [0, 0.1) is 11.8 Å². The van der Waals surface area contributed by atoms with E-state index in [0.29, 0.717) is 41.0 Å². The predicted molar refractivity (Wildman–Crippen MR) is 122 cm³/mol. The molecule has 8 heteroatoms. The molecule has 0 bridgehead atoms. The molecule has 31 heavy (non-hydrogen) atoms. The molecule has 1 heterocycles. The summed E-state index contributed by atoms with van der Waals surface area (Å²) in [5.74, 6) is 1.16. The van der Waals surface area contributed by atoms with E-state index in [4.69, 9.17) is 21.1 Å². The Labute approximate surface area is 187 Å². The lowest BCUT2D eigenvalue weighted by molar-refractivity contribution is -0.121. The molecule has 1 aliphatic heterocycles. The minimum absolute atomic E-state index is 0.0625. The van der Waals surface area contributed by atoms with Gasteiger partial charge in [0.2, 0.25) is 5.91 Å². The van der Waals surface area contributed by atoms with Crippen LogP contribution in [-0.4, -0.2) is 44.1 Å². The number of nitrogens with zero attached hydrogens (tertiary/aromatic N) is 1. The van der Waals surface area contributed by atoms with E-state index >= 15 is 0 Å². The van der Waals surface area contributed by atoms with Crippen molar-refractivity contribution in [2.75, 3.05) is 37.9 Å². The summed E-state index contributed by atoms with van der Waals surface area (Å²) in [4.78, 5) is 27.1. The average Bonchev–Trinajstić information content (AvgIpc) is 2.80. The van der Waals surface area contributed by atoms with Crippen molar-refractivity contribution in [2.24, 2.45) is 11.8 Å². The lowest BCUT2D eigenvalue weighted by Crippen LogP contribution is -2.43. The van der Waals surface area contributed by atoms with Crippen LogP contribution in [0.5, 0.6) is 11.5 Å². The van der Waals surface area contributed by atoms with Crippen LogP contribution in [0.25, 0.3) is 0 Å². The smallest absolute Gasteiger partial charge is 0.321 e. The summed E-state index contributed by atoms with van der Waals surface area (Å²) in [7, 11) is 3.13. The van der Waals surface area contributed by atoms with Gasteiger partial charge < -0.3 is 25.0 Å². The highest BCUT2D eigenvalue weighted by Crippen LogP contribution is 2.31. The van der Waals surface area contributed by atoms with Crippen LogP contribution in [0.1, 0.15) is 19.8 Å². The zero-order chi connectivity index (χ0) is 22.4. The van der Waals surface area contributed by atoms with Crippen molar-refractivity contribution in [3.8, 4) is 11.5 Å². The molecule has 0 spiro atoms. The molecule has 2 aromatic carbocycles. The minimum Gasteiger partial charge on any atom is -0.497 e. The van der Waals surface area contributed by atoms with Gasteiger partial charge in [-0.15, -0.1) is 0 Å². The van der Waals surface area contributed by atoms with E-state index in [1.165, 1.54) is 0 Å². The summed E-state index contributed by atoms with van der Waals surface area (Å²) in [5.41, 5.74) is 1.32. The van der Waals surface area contributed by atoms with Gasteiger partial charge in [-0.3, -0.25) is 4.79 Å². The van der Waals surface area contributed by atoms with E-state index in [9.17, 15) is 9.59 Å². The van der Waals surface area contributed by atoms with Gasteiger partial charge >= 0.3 is 6.03 Å². The first kappa shape index (κ1) is 22.7. The number of benzene rings is 2.